The first-order chi connectivity index (χ1) is 8.63. The summed E-state index contributed by atoms with van der Waals surface area (Å²) >= 11 is 3.28. The monoisotopic (exact) mass is 311 g/mol. The van der Waals surface area contributed by atoms with Crippen molar-refractivity contribution in [1.29, 1.82) is 0 Å². The van der Waals surface area contributed by atoms with Gasteiger partial charge in [0.15, 0.2) is 0 Å². The van der Waals surface area contributed by atoms with Gasteiger partial charge in [-0.2, -0.15) is 5.10 Å². The van der Waals surface area contributed by atoms with Crippen LogP contribution in [-0.2, 0) is 20.0 Å². The number of hydrogen-bond acceptors (Lipinski definition) is 2. The predicted octanol–water partition coefficient (Wildman–Crippen LogP) is 2.65. The SMILES string of the molecule is Cn1cc(CCNCc2cc(F)cc(Br)c2)cn1. The van der Waals surface area contributed by atoms with Crippen LogP contribution in [-0.4, -0.2) is 16.3 Å². The maximum Gasteiger partial charge on any atom is 0.124 e. The van der Waals surface area contributed by atoms with Gasteiger partial charge in [0.05, 0.1) is 6.20 Å². The Labute approximate surface area is 114 Å². The summed E-state index contributed by atoms with van der Waals surface area (Å²) in [5, 5.41) is 7.40. The number of nitrogens with one attached hydrogen (secondary N) is 1. The van der Waals surface area contributed by atoms with Crippen LogP contribution in [0.5, 0.6) is 0 Å². The number of nitrogens with zero attached hydrogens (tertiary/aromatic N) is 2. The van der Waals surface area contributed by atoms with Gasteiger partial charge < -0.3 is 5.32 Å². The molecule has 0 atom stereocenters. The normalized spacial score (nSPS) is 10.8. The molecule has 0 aliphatic carbocycles. The van der Waals surface area contributed by atoms with Crippen molar-refractivity contribution >= 4 is 15.9 Å². The second-order valence-corrected chi connectivity index (χ2v) is 5.14. The van der Waals surface area contributed by atoms with E-state index >= 15 is 0 Å². The minimum absolute atomic E-state index is 0.214. The Morgan fingerprint density at radius 3 is 2.83 bits per heavy atom. The van der Waals surface area contributed by atoms with E-state index in [2.05, 4.69) is 26.3 Å². The third-order valence-electron chi connectivity index (χ3n) is 2.60. The molecule has 1 heterocycles. The Balaban J connectivity index is 1.78. The summed E-state index contributed by atoms with van der Waals surface area (Å²) < 4.78 is 15.7. The van der Waals surface area contributed by atoms with Gasteiger partial charge in [0.1, 0.15) is 5.82 Å². The van der Waals surface area contributed by atoms with Crippen molar-refractivity contribution in [3.63, 3.8) is 0 Å². The van der Waals surface area contributed by atoms with Gasteiger partial charge in [0.25, 0.3) is 0 Å². The van der Waals surface area contributed by atoms with Crippen molar-refractivity contribution < 1.29 is 4.39 Å². The Hall–Kier alpha value is -1.20. The van der Waals surface area contributed by atoms with Crippen molar-refractivity contribution in [2.24, 2.45) is 7.05 Å². The standard InChI is InChI=1S/C13H15BrFN3/c1-18-9-10(8-17-18)2-3-16-7-11-4-12(14)6-13(15)5-11/h4-6,8-9,16H,2-3,7H2,1H3. The van der Waals surface area contributed by atoms with Crippen molar-refractivity contribution in [2.45, 2.75) is 13.0 Å². The molecule has 2 aromatic rings. The lowest BCUT2D eigenvalue weighted by molar-refractivity contribution is 0.619. The van der Waals surface area contributed by atoms with E-state index in [-0.39, 0.29) is 5.82 Å². The zero-order valence-electron chi connectivity index (χ0n) is 10.2. The smallest absolute Gasteiger partial charge is 0.124 e. The van der Waals surface area contributed by atoms with E-state index in [9.17, 15) is 4.39 Å². The minimum Gasteiger partial charge on any atom is -0.312 e. The van der Waals surface area contributed by atoms with Gasteiger partial charge in [-0.25, -0.2) is 4.39 Å². The van der Waals surface area contributed by atoms with Crippen molar-refractivity contribution in [3.05, 3.63) is 52.0 Å². The number of aromatic nitrogens is 2. The summed E-state index contributed by atoms with van der Waals surface area (Å²) in [5.41, 5.74) is 2.14. The molecular weight excluding hydrogens is 297 g/mol. The van der Waals surface area contributed by atoms with Crippen LogP contribution in [0.2, 0.25) is 0 Å². The topological polar surface area (TPSA) is 29.9 Å². The summed E-state index contributed by atoms with van der Waals surface area (Å²) in [5.74, 6) is -0.214. The molecular formula is C13H15BrFN3. The van der Waals surface area contributed by atoms with Crippen LogP contribution in [0.4, 0.5) is 4.39 Å². The highest BCUT2D eigenvalue weighted by Gasteiger charge is 2.00. The lowest BCUT2D eigenvalue weighted by Gasteiger charge is -2.05. The van der Waals surface area contributed by atoms with E-state index in [0.29, 0.717) is 6.54 Å². The molecule has 0 aliphatic heterocycles. The van der Waals surface area contributed by atoms with Gasteiger partial charge in [-0.05, 0) is 42.3 Å². The van der Waals surface area contributed by atoms with Crippen LogP contribution in [0.15, 0.2) is 35.1 Å². The molecule has 0 saturated carbocycles. The molecule has 2 rings (SSSR count). The summed E-state index contributed by atoms with van der Waals surface area (Å²) in [6, 6.07) is 4.92. The number of halogens is 2. The van der Waals surface area contributed by atoms with Gasteiger partial charge in [-0.3, -0.25) is 4.68 Å². The number of benzene rings is 1. The fraction of sp³-hybridized carbons (Fsp3) is 0.308. The van der Waals surface area contributed by atoms with E-state index in [1.807, 2.05) is 25.5 Å². The molecule has 0 bridgehead atoms. The molecule has 3 nitrogen and oxygen atoms in total. The highest BCUT2D eigenvalue weighted by Crippen LogP contribution is 2.14. The second-order valence-electron chi connectivity index (χ2n) is 4.23. The molecule has 5 heteroatoms. The van der Waals surface area contributed by atoms with E-state index in [0.717, 1.165) is 23.0 Å². The summed E-state index contributed by atoms with van der Waals surface area (Å²) in [4.78, 5) is 0. The number of rotatable bonds is 5. The second kappa shape index (κ2) is 6.11. The first-order valence-electron chi connectivity index (χ1n) is 5.77. The first kappa shape index (κ1) is 13.2. The van der Waals surface area contributed by atoms with E-state index in [1.54, 1.807) is 10.7 Å². The average molecular weight is 312 g/mol. The van der Waals surface area contributed by atoms with Crippen LogP contribution in [0.25, 0.3) is 0 Å². The van der Waals surface area contributed by atoms with E-state index in [1.165, 1.54) is 11.6 Å². The third kappa shape index (κ3) is 3.92. The Morgan fingerprint density at radius 1 is 1.33 bits per heavy atom. The fourth-order valence-corrected chi connectivity index (χ4v) is 2.29. The Bertz CT molecular complexity index is 504. The highest BCUT2D eigenvalue weighted by atomic mass is 79.9. The highest BCUT2D eigenvalue weighted by molar-refractivity contribution is 9.10. The molecule has 0 saturated heterocycles. The largest absolute Gasteiger partial charge is 0.312 e. The number of aryl methyl sites for hydroxylation is 1. The van der Waals surface area contributed by atoms with Gasteiger partial charge >= 0.3 is 0 Å². The Morgan fingerprint density at radius 2 is 2.17 bits per heavy atom. The summed E-state index contributed by atoms with van der Waals surface area (Å²) in [7, 11) is 1.90. The lowest BCUT2D eigenvalue weighted by Crippen LogP contribution is -2.16. The molecule has 96 valence electrons. The summed E-state index contributed by atoms with van der Waals surface area (Å²) in [6.45, 7) is 1.51. The molecule has 0 fully saturated rings. The van der Waals surface area contributed by atoms with Crippen LogP contribution in [0.1, 0.15) is 11.1 Å². The van der Waals surface area contributed by atoms with Crippen LogP contribution in [0, 0.1) is 5.82 Å². The molecule has 18 heavy (non-hydrogen) atoms. The summed E-state index contributed by atoms with van der Waals surface area (Å²) in [6.07, 6.45) is 4.78. The van der Waals surface area contributed by atoms with E-state index < -0.39 is 0 Å². The maximum atomic E-state index is 13.1. The van der Waals surface area contributed by atoms with Gasteiger partial charge in [0, 0.05) is 24.3 Å². The predicted molar refractivity (Wildman–Crippen MR) is 72.7 cm³/mol. The first-order valence-corrected chi connectivity index (χ1v) is 6.56. The molecule has 1 aromatic heterocycles. The zero-order chi connectivity index (χ0) is 13.0. The minimum atomic E-state index is -0.214. The van der Waals surface area contributed by atoms with Crippen LogP contribution >= 0.6 is 15.9 Å². The van der Waals surface area contributed by atoms with Gasteiger partial charge in [0.2, 0.25) is 0 Å². The molecule has 1 N–H and O–H groups in total. The zero-order valence-corrected chi connectivity index (χ0v) is 11.7. The molecule has 0 amide bonds. The Kier molecular flexibility index (Phi) is 4.49. The third-order valence-corrected chi connectivity index (χ3v) is 3.06. The van der Waals surface area contributed by atoms with Crippen LogP contribution in [0.3, 0.4) is 0 Å². The van der Waals surface area contributed by atoms with Gasteiger partial charge in [-0.15, -0.1) is 0 Å². The van der Waals surface area contributed by atoms with Gasteiger partial charge in [-0.1, -0.05) is 15.9 Å². The molecule has 0 radical (unpaired) electrons. The van der Waals surface area contributed by atoms with E-state index in [4.69, 9.17) is 0 Å². The average Bonchev–Trinajstić information content (AvgIpc) is 2.69. The van der Waals surface area contributed by atoms with Crippen molar-refractivity contribution in [1.82, 2.24) is 15.1 Å². The van der Waals surface area contributed by atoms with Crippen molar-refractivity contribution in [3.8, 4) is 0 Å². The lowest BCUT2D eigenvalue weighted by atomic mass is 10.2. The number of hydrogen-bond donors (Lipinski definition) is 1. The fourth-order valence-electron chi connectivity index (χ4n) is 1.78. The molecule has 0 spiro atoms. The van der Waals surface area contributed by atoms with Crippen LogP contribution < -0.4 is 5.32 Å². The molecule has 0 unspecified atom stereocenters. The molecule has 1 aromatic carbocycles. The maximum absolute atomic E-state index is 13.1. The molecule has 0 aliphatic rings. The van der Waals surface area contributed by atoms with Crippen molar-refractivity contribution in [2.75, 3.05) is 6.54 Å². The quantitative estimate of drug-likeness (QED) is 0.860.